The number of hydrogen-bond donors (Lipinski definition) is 1. The van der Waals surface area contributed by atoms with Crippen molar-refractivity contribution >= 4 is 28.6 Å². The number of fused-ring (bicyclic) bond motifs is 1. The Hall–Kier alpha value is -2.60. The highest BCUT2D eigenvalue weighted by atomic mass is 32.2. The zero-order valence-corrected chi connectivity index (χ0v) is 16.1. The quantitative estimate of drug-likeness (QED) is 0.568. The molecule has 0 radical (unpaired) electrons. The lowest BCUT2D eigenvalue weighted by Gasteiger charge is -2.17. The van der Waals surface area contributed by atoms with Gasteiger partial charge in [-0.2, -0.15) is 0 Å². The Morgan fingerprint density at radius 1 is 1.19 bits per heavy atom. The molecule has 3 aromatic rings. The summed E-state index contributed by atoms with van der Waals surface area (Å²) in [7, 11) is 1.60. The van der Waals surface area contributed by atoms with Crippen molar-refractivity contribution in [2.75, 3.05) is 7.05 Å². The molecule has 5 nitrogen and oxygen atoms in total. The van der Waals surface area contributed by atoms with Crippen molar-refractivity contribution in [1.29, 1.82) is 0 Å². The minimum atomic E-state index is -0.371. The van der Waals surface area contributed by atoms with Crippen LogP contribution < -0.4 is 10.9 Å². The minimum Gasteiger partial charge on any atom is -0.358 e. The van der Waals surface area contributed by atoms with Crippen LogP contribution in [0.2, 0.25) is 0 Å². The van der Waals surface area contributed by atoms with Gasteiger partial charge in [0.05, 0.1) is 21.8 Å². The fourth-order valence-corrected chi connectivity index (χ4v) is 3.76. The molecule has 3 rings (SSSR count). The van der Waals surface area contributed by atoms with Crippen LogP contribution in [0.5, 0.6) is 0 Å². The molecule has 1 atom stereocenters. The molecule has 0 bridgehead atoms. The number of nitrogens with zero attached hydrogens (tertiary/aromatic N) is 2. The van der Waals surface area contributed by atoms with E-state index in [9.17, 15) is 9.59 Å². The summed E-state index contributed by atoms with van der Waals surface area (Å²) in [5.41, 5.74) is 3.33. The first-order valence-corrected chi connectivity index (χ1v) is 9.28. The lowest BCUT2D eigenvalue weighted by atomic mass is 10.1. The molecule has 0 aliphatic rings. The molecule has 26 heavy (non-hydrogen) atoms. The van der Waals surface area contributed by atoms with Gasteiger partial charge < -0.3 is 5.32 Å². The van der Waals surface area contributed by atoms with Crippen LogP contribution in [0.25, 0.3) is 16.6 Å². The number of para-hydroxylation sites is 1. The molecule has 1 unspecified atom stereocenters. The van der Waals surface area contributed by atoms with E-state index in [-0.39, 0.29) is 16.7 Å². The zero-order valence-electron chi connectivity index (χ0n) is 15.2. The van der Waals surface area contributed by atoms with Gasteiger partial charge in [-0.15, -0.1) is 0 Å². The summed E-state index contributed by atoms with van der Waals surface area (Å²) in [6.07, 6.45) is 0. The second-order valence-electron chi connectivity index (χ2n) is 6.22. The molecule has 1 N–H and O–H groups in total. The summed E-state index contributed by atoms with van der Waals surface area (Å²) in [6.45, 7) is 5.76. The van der Waals surface area contributed by atoms with Gasteiger partial charge in [0.2, 0.25) is 5.91 Å². The predicted octanol–water partition coefficient (Wildman–Crippen LogP) is 3.23. The molecule has 0 saturated heterocycles. The number of thioether (sulfide) groups is 1. The van der Waals surface area contributed by atoms with Gasteiger partial charge in [0.1, 0.15) is 0 Å². The van der Waals surface area contributed by atoms with Crippen molar-refractivity contribution < 1.29 is 4.79 Å². The van der Waals surface area contributed by atoms with E-state index >= 15 is 0 Å². The molecule has 0 aliphatic carbocycles. The Balaban J connectivity index is 2.29. The summed E-state index contributed by atoms with van der Waals surface area (Å²) in [5, 5.41) is 3.34. The van der Waals surface area contributed by atoms with Gasteiger partial charge in [-0.25, -0.2) is 4.98 Å². The predicted molar refractivity (Wildman–Crippen MR) is 106 cm³/mol. The molecule has 1 aromatic heterocycles. The van der Waals surface area contributed by atoms with Crippen molar-refractivity contribution in [3.8, 4) is 5.69 Å². The van der Waals surface area contributed by atoms with E-state index in [0.717, 1.165) is 16.8 Å². The molecule has 0 fully saturated rings. The third-order valence-corrected chi connectivity index (χ3v) is 5.30. The lowest BCUT2D eigenvalue weighted by molar-refractivity contribution is -0.119. The van der Waals surface area contributed by atoms with E-state index in [1.807, 2.05) is 50.2 Å². The Kier molecular flexibility index (Phi) is 5.13. The first-order valence-electron chi connectivity index (χ1n) is 8.40. The Labute approximate surface area is 156 Å². The fourth-order valence-electron chi connectivity index (χ4n) is 2.78. The maximum atomic E-state index is 13.2. The van der Waals surface area contributed by atoms with E-state index in [1.54, 1.807) is 24.6 Å². The van der Waals surface area contributed by atoms with Crippen LogP contribution in [0.4, 0.5) is 0 Å². The van der Waals surface area contributed by atoms with E-state index in [0.29, 0.717) is 16.1 Å². The van der Waals surface area contributed by atoms with Crippen molar-refractivity contribution in [2.24, 2.45) is 0 Å². The summed E-state index contributed by atoms with van der Waals surface area (Å²) in [5.74, 6) is -0.107. The third kappa shape index (κ3) is 3.37. The van der Waals surface area contributed by atoms with Gasteiger partial charge in [0.25, 0.3) is 5.56 Å². The summed E-state index contributed by atoms with van der Waals surface area (Å²) >= 11 is 1.28. The van der Waals surface area contributed by atoms with Crippen LogP contribution in [0, 0.1) is 13.8 Å². The number of amides is 1. The van der Waals surface area contributed by atoms with Gasteiger partial charge >= 0.3 is 0 Å². The van der Waals surface area contributed by atoms with Gasteiger partial charge in [-0.3, -0.25) is 14.2 Å². The highest BCUT2D eigenvalue weighted by Crippen LogP contribution is 2.26. The molecule has 6 heteroatoms. The molecule has 1 amide bonds. The highest BCUT2D eigenvalue weighted by Gasteiger charge is 2.20. The molecular weight excluding hydrogens is 346 g/mol. The van der Waals surface area contributed by atoms with Crippen molar-refractivity contribution in [3.63, 3.8) is 0 Å². The normalized spacial score (nSPS) is 12.2. The van der Waals surface area contributed by atoms with Gasteiger partial charge in [-0.05, 0) is 50.1 Å². The van der Waals surface area contributed by atoms with E-state index < -0.39 is 0 Å². The van der Waals surface area contributed by atoms with E-state index in [2.05, 4.69) is 10.3 Å². The fraction of sp³-hybridized carbons (Fsp3) is 0.250. The topological polar surface area (TPSA) is 64.0 Å². The number of carbonyl (C=O) groups is 1. The van der Waals surface area contributed by atoms with Crippen LogP contribution in [0.3, 0.4) is 0 Å². The molecule has 1 heterocycles. The van der Waals surface area contributed by atoms with Crippen LogP contribution in [0.15, 0.2) is 52.4 Å². The van der Waals surface area contributed by atoms with Crippen molar-refractivity contribution in [2.45, 2.75) is 31.2 Å². The van der Waals surface area contributed by atoms with E-state index in [1.165, 1.54) is 11.8 Å². The zero-order chi connectivity index (χ0) is 18.8. The largest absolute Gasteiger partial charge is 0.358 e. The van der Waals surface area contributed by atoms with Crippen LogP contribution in [0.1, 0.15) is 18.1 Å². The number of carbonyl (C=O) groups excluding carboxylic acids is 1. The lowest BCUT2D eigenvalue weighted by Crippen LogP contribution is -2.29. The minimum absolute atomic E-state index is 0.107. The highest BCUT2D eigenvalue weighted by molar-refractivity contribution is 8.00. The smallest absolute Gasteiger partial charge is 0.266 e. The summed E-state index contributed by atoms with van der Waals surface area (Å²) in [6, 6.07) is 13.3. The molecule has 0 aliphatic heterocycles. The van der Waals surface area contributed by atoms with Gasteiger partial charge in [0, 0.05) is 7.05 Å². The molecule has 2 aromatic carbocycles. The number of rotatable bonds is 4. The number of hydrogen-bond acceptors (Lipinski definition) is 4. The SMILES string of the molecule is CNC(=O)C(C)Sc1nc2ccccc2c(=O)n1-c1cc(C)ccc1C. The maximum Gasteiger partial charge on any atom is 0.266 e. The monoisotopic (exact) mass is 367 g/mol. The Morgan fingerprint density at radius 3 is 2.65 bits per heavy atom. The maximum absolute atomic E-state index is 13.2. The molecule has 0 saturated carbocycles. The molecule has 0 spiro atoms. The first-order chi connectivity index (χ1) is 12.4. The second-order valence-corrected chi connectivity index (χ2v) is 7.52. The van der Waals surface area contributed by atoms with Crippen LogP contribution >= 0.6 is 11.8 Å². The second kappa shape index (κ2) is 7.33. The van der Waals surface area contributed by atoms with Crippen molar-refractivity contribution in [1.82, 2.24) is 14.9 Å². The number of aryl methyl sites for hydroxylation is 2. The average molecular weight is 367 g/mol. The third-order valence-electron chi connectivity index (χ3n) is 4.25. The standard InChI is InChI=1S/C20H21N3O2S/c1-12-9-10-13(2)17(11-12)23-19(25)15-7-5-6-8-16(15)22-20(23)26-14(3)18(24)21-4/h5-11,14H,1-4H3,(H,21,24). The molecule has 134 valence electrons. The van der Waals surface area contributed by atoms with Gasteiger partial charge in [0.15, 0.2) is 5.16 Å². The Morgan fingerprint density at radius 2 is 1.92 bits per heavy atom. The number of benzene rings is 2. The van der Waals surface area contributed by atoms with Crippen LogP contribution in [-0.4, -0.2) is 27.8 Å². The first kappa shape index (κ1) is 18.2. The Bertz CT molecular complexity index is 1040. The van der Waals surface area contributed by atoms with E-state index in [4.69, 9.17) is 0 Å². The summed E-state index contributed by atoms with van der Waals surface area (Å²) in [4.78, 5) is 29.9. The summed E-state index contributed by atoms with van der Waals surface area (Å²) < 4.78 is 1.62. The average Bonchev–Trinajstić information content (AvgIpc) is 2.63. The number of aromatic nitrogens is 2. The number of nitrogens with one attached hydrogen (secondary N) is 1. The molecular formula is C20H21N3O2S. The van der Waals surface area contributed by atoms with Crippen LogP contribution in [-0.2, 0) is 4.79 Å². The van der Waals surface area contributed by atoms with Crippen molar-refractivity contribution in [3.05, 3.63) is 63.9 Å². The van der Waals surface area contributed by atoms with Gasteiger partial charge in [-0.1, -0.05) is 36.0 Å².